The molecule has 174 valence electrons. The normalized spacial score (nSPS) is 15.4. The molecule has 4 rings (SSSR count). The Balaban J connectivity index is 1.26. The van der Waals surface area contributed by atoms with Crippen molar-refractivity contribution in [3.8, 4) is 5.75 Å². The molecule has 0 spiro atoms. The maximum absolute atomic E-state index is 13.0. The molecule has 33 heavy (non-hydrogen) atoms. The largest absolute Gasteiger partial charge is 0.486 e. The van der Waals surface area contributed by atoms with Crippen molar-refractivity contribution in [2.24, 2.45) is 5.92 Å². The summed E-state index contributed by atoms with van der Waals surface area (Å²) in [5.74, 6) is 7.41. The minimum absolute atomic E-state index is 0.0882. The number of ether oxygens (including phenoxy) is 1. The van der Waals surface area contributed by atoms with Gasteiger partial charge in [0, 0.05) is 13.1 Å². The summed E-state index contributed by atoms with van der Waals surface area (Å²) in [4.78, 5) is 14.9. The van der Waals surface area contributed by atoms with Crippen LogP contribution in [0.1, 0.15) is 31.2 Å². The molecule has 1 aromatic heterocycles. The second-order valence-corrected chi connectivity index (χ2v) is 9.54. The lowest BCUT2D eigenvalue weighted by atomic mass is 9.90. The van der Waals surface area contributed by atoms with Crippen LogP contribution in [-0.4, -0.2) is 44.0 Å². The van der Waals surface area contributed by atoms with Gasteiger partial charge in [-0.25, -0.2) is 9.07 Å². The number of hydrogen-bond acceptors (Lipinski definition) is 6. The van der Waals surface area contributed by atoms with Crippen LogP contribution in [0.5, 0.6) is 5.75 Å². The second kappa shape index (κ2) is 10.7. The van der Waals surface area contributed by atoms with E-state index in [1.807, 2.05) is 17.9 Å². The monoisotopic (exact) mass is 469 g/mol. The molecule has 9 heteroatoms. The van der Waals surface area contributed by atoms with Gasteiger partial charge in [-0.2, -0.15) is 0 Å². The molecule has 1 aliphatic rings. The van der Waals surface area contributed by atoms with E-state index in [1.54, 1.807) is 0 Å². The standard InChI is InChI=1S/C24H28FN5O2S/c1-17(23(31)29-13-11-19(12-14-29)15-18-5-3-2-4-6-18)33-24-28-27-22(30(24)26)16-32-21-9-7-20(25)8-10-21/h2-10,17,19H,11-16,26H2,1H3. The van der Waals surface area contributed by atoms with Crippen LogP contribution in [0.4, 0.5) is 4.39 Å². The highest BCUT2D eigenvalue weighted by Gasteiger charge is 2.28. The number of hydrogen-bond donors (Lipinski definition) is 1. The lowest BCUT2D eigenvalue weighted by Crippen LogP contribution is -2.42. The first-order valence-electron chi connectivity index (χ1n) is 11.1. The Morgan fingerprint density at radius 3 is 2.55 bits per heavy atom. The van der Waals surface area contributed by atoms with E-state index in [1.165, 1.54) is 46.3 Å². The molecule has 0 saturated carbocycles. The van der Waals surface area contributed by atoms with Gasteiger partial charge in [0.25, 0.3) is 0 Å². The van der Waals surface area contributed by atoms with E-state index in [0.717, 1.165) is 32.4 Å². The number of rotatable bonds is 8. The first-order valence-corrected chi connectivity index (χ1v) is 11.9. The van der Waals surface area contributed by atoms with Crippen LogP contribution in [0.3, 0.4) is 0 Å². The van der Waals surface area contributed by atoms with E-state index in [2.05, 4.69) is 34.5 Å². The summed E-state index contributed by atoms with van der Waals surface area (Å²) in [7, 11) is 0. The van der Waals surface area contributed by atoms with E-state index in [-0.39, 0.29) is 23.6 Å². The summed E-state index contributed by atoms with van der Waals surface area (Å²) in [6.07, 6.45) is 3.08. The van der Waals surface area contributed by atoms with Crippen LogP contribution in [-0.2, 0) is 17.8 Å². The number of nitrogen functional groups attached to an aromatic ring is 1. The van der Waals surface area contributed by atoms with Crippen LogP contribution >= 0.6 is 11.8 Å². The molecule has 1 amide bonds. The summed E-state index contributed by atoms with van der Waals surface area (Å²) < 4.78 is 19.9. The number of thioether (sulfide) groups is 1. The van der Waals surface area contributed by atoms with E-state index < -0.39 is 0 Å². The summed E-state index contributed by atoms with van der Waals surface area (Å²) in [6, 6.07) is 16.2. The van der Waals surface area contributed by atoms with Crippen LogP contribution in [0.15, 0.2) is 59.8 Å². The van der Waals surface area contributed by atoms with Crippen LogP contribution < -0.4 is 10.6 Å². The molecule has 1 atom stereocenters. The summed E-state index contributed by atoms with van der Waals surface area (Å²) in [5.41, 5.74) is 1.35. The van der Waals surface area contributed by atoms with Crippen molar-refractivity contribution in [3.63, 3.8) is 0 Å². The lowest BCUT2D eigenvalue weighted by Gasteiger charge is -2.33. The second-order valence-electron chi connectivity index (χ2n) is 8.23. The van der Waals surface area contributed by atoms with Crippen molar-refractivity contribution >= 4 is 17.7 Å². The molecule has 0 radical (unpaired) electrons. The zero-order valence-corrected chi connectivity index (χ0v) is 19.4. The molecule has 1 saturated heterocycles. The van der Waals surface area contributed by atoms with Gasteiger partial charge in [-0.3, -0.25) is 4.79 Å². The predicted octanol–water partition coefficient (Wildman–Crippen LogP) is 3.67. The number of amides is 1. The maximum atomic E-state index is 13.0. The Labute approximate surface area is 197 Å². The first-order chi connectivity index (χ1) is 16.0. The third kappa shape index (κ3) is 6.04. The summed E-state index contributed by atoms with van der Waals surface area (Å²) >= 11 is 1.29. The van der Waals surface area contributed by atoms with Crippen LogP contribution in [0, 0.1) is 11.7 Å². The molecular weight excluding hydrogens is 441 g/mol. The maximum Gasteiger partial charge on any atom is 0.235 e. The number of carbonyl (C=O) groups is 1. The van der Waals surface area contributed by atoms with E-state index in [0.29, 0.717) is 22.6 Å². The molecule has 1 aliphatic heterocycles. The van der Waals surface area contributed by atoms with Crippen molar-refractivity contribution in [1.29, 1.82) is 0 Å². The zero-order chi connectivity index (χ0) is 23.2. The van der Waals surface area contributed by atoms with Gasteiger partial charge in [0.2, 0.25) is 11.1 Å². The fourth-order valence-electron chi connectivity index (χ4n) is 3.94. The van der Waals surface area contributed by atoms with Crippen molar-refractivity contribution in [3.05, 3.63) is 71.8 Å². The van der Waals surface area contributed by atoms with Crippen molar-refractivity contribution < 1.29 is 13.9 Å². The number of aromatic nitrogens is 3. The van der Waals surface area contributed by atoms with Crippen LogP contribution in [0.2, 0.25) is 0 Å². The van der Waals surface area contributed by atoms with Crippen LogP contribution in [0.25, 0.3) is 0 Å². The Hall–Kier alpha value is -3.07. The van der Waals surface area contributed by atoms with E-state index in [4.69, 9.17) is 10.6 Å². The Morgan fingerprint density at radius 2 is 1.85 bits per heavy atom. The first kappa shape index (κ1) is 23.1. The molecule has 3 aromatic rings. The number of carbonyl (C=O) groups excluding carboxylic acids is 1. The number of piperidine rings is 1. The average Bonchev–Trinajstić information content (AvgIpc) is 3.18. The van der Waals surface area contributed by atoms with Gasteiger partial charge in [-0.05, 0) is 61.9 Å². The van der Waals surface area contributed by atoms with Gasteiger partial charge in [0.05, 0.1) is 5.25 Å². The topological polar surface area (TPSA) is 86.3 Å². The predicted molar refractivity (Wildman–Crippen MR) is 126 cm³/mol. The fourth-order valence-corrected chi connectivity index (χ4v) is 4.81. The van der Waals surface area contributed by atoms with Gasteiger partial charge >= 0.3 is 0 Å². The molecule has 1 unspecified atom stereocenters. The molecule has 2 N–H and O–H groups in total. The van der Waals surface area contributed by atoms with Crippen molar-refractivity contribution in [2.75, 3.05) is 18.9 Å². The van der Waals surface area contributed by atoms with Crippen molar-refractivity contribution in [2.45, 2.75) is 43.2 Å². The van der Waals surface area contributed by atoms with Gasteiger partial charge in [0.15, 0.2) is 5.82 Å². The molecule has 7 nitrogen and oxygen atoms in total. The Kier molecular flexibility index (Phi) is 7.49. The highest BCUT2D eigenvalue weighted by atomic mass is 32.2. The molecule has 2 aromatic carbocycles. The number of benzene rings is 2. The number of nitrogens with two attached hydrogens (primary N) is 1. The fraction of sp³-hybridized carbons (Fsp3) is 0.375. The van der Waals surface area contributed by atoms with E-state index in [9.17, 15) is 9.18 Å². The molecule has 2 heterocycles. The number of halogens is 1. The average molecular weight is 470 g/mol. The van der Waals surface area contributed by atoms with Gasteiger partial charge in [-0.15, -0.1) is 10.2 Å². The highest BCUT2D eigenvalue weighted by molar-refractivity contribution is 8.00. The zero-order valence-electron chi connectivity index (χ0n) is 18.6. The smallest absolute Gasteiger partial charge is 0.235 e. The molecule has 0 bridgehead atoms. The highest BCUT2D eigenvalue weighted by Crippen LogP contribution is 2.26. The number of nitrogens with zero attached hydrogens (tertiary/aromatic N) is 4. The molecular formula is C24H28FN5O2S. The summed E-state index contributed by atoms with van der Waals surface area (Å²) in [5, 5.41) is 8.30. The number of likely N-dealkylation sites (tertiary alicyclic amines) is 1. The molecule has 0 aliphatic carbocycles. The Morgan fingerprint density at radius 1 is 1.15 bits per heavy atom. The van der Waals surface area contributed by atoms with E-state index >= 15 is 0 Å². The Bertz CT molecular complexity index is 1050. The third-order valence-corrected chi connectivity index (χ3v) is 6.88. The molecule has 1 fully saturated rings. The van der Waals surface area contributed by atoms with Gasteiger partial charge in [0.1, 0.15) is 18.2 Å². The van der Waals surface area contributed by atoms with Gasteiger partial charge in [-0.1, -0.05) is 42.1 Å². The minimum atomic E-state index is -0.331. The quantitative estimate of drug-likeness (QED) is 0.400. The lowest BCUT2D eigenvalue weighted by molar-refractivity contribution is -0.131. The van der Waals surface area contributed by atoms with Crippen molar-refractivity contribution in [1.82, 2.24) is 19.8 Å². The summed E-state index contributed by atoms with van der Waals surface area (Å²) in [6.45, 7) is 3.50. The third-order valence-electron chi connectivity index (χ3n) is 5.84. The SMILES string of the molecule is CC(Sc1nnc(COc2ccc(F)cc2)n1N)C(=O)N1CCC(Cc2ccccc2)CC1. The minimum Gasteiger partial charge on any atom is -0.486 e. The van der Waals surface area contributed by atoms with Gasteiger partial charge < -0.3 is 15.5 Å².